The average Bonchev–Trinajstić information content (AvgIpc) is 2.45. The molecule has 0 aliphatic carbocycles. The Hall–Kier alpha value is -0.550. The maximum Gasteiger partial charge on any atom is 0.123 e. The smallest absolute Gasteiger partial charge is 0.123 e. The van der Waals surface area contributed by atoms with Gasteiger partial charge in [-0.1, -0.05) is 13.8 Å². The SMILES string of the molecule is COc1ccc(F)cc1[C@H](CC(C)C)N1CCNCC1.Cl.Cl. The molecule has 0 aromatic heterocycles. The number of piperazine rings is 1. The van der Waals surface area contributed by atoms with E-state index in [4.69, 9.17) is 4.74 Å². The molecule has 0 amide bonds. The van der Waals surface area contributed by atoms with E-state index in [1.165, 1.54) is 6.07 Å². The topological polar surface area (TPSA) is 24.5 Å². The molecule has 1 N–H and O–H groups in total. The molecule has 1 saturated heterocycles. The van der Waals surface area contributed by atoms with E-state index in [1.54, 1.807) is 19.2 Å². The largest absolute Gasteiger partial charge is 0.496 e. The number of methoxy groups -OCH3 is 1. The van der Waals surface area contributed by atoms with Crippen LogP contribution in [0.25, 0.3) is 0 Å². The molecule has 1 heterocycles. The van der Waals surface area contributed by atoms with Crippen molar-refractivity contribution in [3.8, 4) is 5.75 Å². The van der Waals surface area contributed by atoms with E-state index in [-0.39, 0.29) is 36.7 Å². The number of benzene rings is 1. The zero-order valence-electron chi connectivity index (χ0n) is 13.5. The van der Waals surface area contributed by atoms with Crippen molar-refractivity contribution in [1.82, 2.24) is 10.2 Å². The van der Waals surface area contributed by atoms with Gasteiger partial charge in [0.25, 0.3) is 0 Å². The molecule has 0 saturated carbocycles. The highest BCUT2D eigenvalue weighted by molar-refractivity contribution is 5.85. The van der Waals surface area contributed by atoms with Gasteiger partial charge in [0.15, 0.2) is 0 Å². The van der Waals surface area contributed by atoms with Crippen LogP contribution in [0.3, 0.4) is 0 Å². The van der Waals surface area contributed by atoms with Crippen LogP contribution in [-0.4, -0.2) is 38.2 Å². The molecule has 1 fully saturated rings. The molecule has 2 rings (SSSR count). The van der Waals surface area contributed by atoms with Crippen LogP contribution in [0.4, 0.5) is 4.39 Å². The van der Waals surface area contributed by atoms with E-state index in [9.17, 15) is 4.39 Å². The standard InChI is InChI=1S/C16H25FN2O.2ClH/c1-12(2)10-15(19-8-6-18-7-9-19)14-11-13(17)4-5-16(14)20-3;;/h4-5,11-12,15,18H,6-10H2,1-3H3;2*1H/t15-;;/m0../s1. The number of hydrogen-bond donors (Lipinski definition) is 1. The Balaban J connectivity index is 0.00000220. The molecule has 0 radical (unpaired) electrons. The van der Waals surface area contributed by atoms with Crippen molar-refractivity contribution in [1.29, 1.82) is 0 Å². The average molecular weight is 353 g/mol. The number of nitrogens with one attached hydrogen (secondary N) is 1. The fraction of sp³-hybridized carbons (Fsp3) is 0.625. The lowest BCUT2D eigenvalue weighted by atomic mass is 9.94. The molecular weight excluding hydrogens is 326 g/mol. The lowest BCUT2D eigenvalue weighted by Gasteiger charge is -2.36. The van der Waals surface area contributed by atoms with Gasteiger partial charge in [0.05, 0.1) is 7.11 Å². The van der Waals surface area contributed by atoms with E-state index < -0.39 is 0 Å². The highest BCUT2D eigenvalue weighted by Crippen LogP contribution is 2.34. The second-order valence-electron chi connectivity index (χ2n) is 5.82. The lowest BCUT2D eigenvalue weighted by molar-refractivity contribution is 0.151. The summed E-state index contributed by atoms with van der Waals surface area (Å²) < 4.78 is 19.1. The second-order valence-corrected chi connectivity index (χ2v) is 5.82. The Morgan fingerprint density at radius 3 is 2.41 bits per heavy atom. The molecule has 1 aliphatic heterocycles. The third-order valence-electron chi connectivity index (χ3n) is 3.84. The predicted octanol–water partition coefficient (Wildman–Crippen LogP) is 3.67. The summed E-state index contributed by atoms with van der Waals surface area (Å²) in [7, 11) is 1.65. The van der Waals surface area contributed by atoms with Gasteiger partial charge >= 0.3 is 0 Å². The first kappa shape index (κ1) is 21.4. The van der Waals surface area contributed by atoms with Crippen LogP contribution in [-0.2, 0) is 0 Å². The molecule has 1 aromatic carbocycles. The second kappa shape index (κ2) is 10.3. The van der Waals surface area contributed by atoms with Crippen molar-refractivity contribution < 1.29 is 9.13 Å². The van der Waals surface area contributed by atoms with Crippen molar-refractivity contribution in [3.05, 3.63) is 29.6 Å². The Labute approximate surface area is 145 Å². The molecule has 0 unspecified atom stereocenters. The summed E-state index contributed by atoms with van der Waals surface area (Å²) in [6, 6.07) is 5.06. The van der Waals surface area contributed by atoms with Crippen molar-refractivity contribution in [3.63, 3.8) is 0 Å². The summed E-state index contributed by atoms with van der Waals surface area (Å²) in [5.74, 6) is 1.16. The fourth-order valence-electron chi connectivity index (χ4n) is 2.88. The molecular formula is C16H27Cl2FN2O. The van der Waals surface area contributed by atoms with E-state index in [0.29, 0.717) is 5.92 Å². The summed E-state index contributed by atoms with van der Waals surface area (Å²) in [5.41, 5.74) is 0.975. The third-order valence-corrected chi connectivity index (χ3v) is 3.84. The predicted molar refractivity (Wildman–Crippen MR) is 94.1 cm³/mol. The van der Waals surface area contributed by atoms with E-state index in [0.717, 1.165) is 43.9 Å². The summed E-state index contributed by atoms with van der Waals surface area (Å²) in [4.78, 5) is 2.44. The number of halogens is 3. The van der Waals surface area contributed by atoms with Crippen LogP contribution in [0, 0.1) is 11.7 Å². The lowest BCUT2D eigenvalue weighted by Crippen LogP contribution is -2.45. The number of nitrogens with zero attached hydrogens (tertiary/aromatic N) is 1. The van der Waals surface area contributed by atoms with E-state index in [1.807, 2.05) is 0 Å². The third kappa shape index (κ3) is 5.58. The zero-order valence-corrected chi connectivity index (χ0v) is 15.1. The van der Waals surface area contributed by atoms with Crippen LogP contribution < -0.4 is 10.1 Å². The zero-order chi connectivity index (χ0) is 14.5. The van der Waals surface area contributed by atoms with Gasteiger partial charge in [-0.05, 0) is 30.5 Å². The Kier molecular flexibility index (Phi) is 10.0. The molecule has 1 aromatic rings. The Bertz CT molecular complexity index is 440. The van der Waals surface area contributed by atoms with Crippen molar-refractivity contribution in [2.45, 2.75) is 26.3 Å². The van der Waals surface area contributed by atoms with Crippen LogP contribution in [0.15, 0.2) is 18.2 Å². The van der Waals surface area contributed by atoms with Gasteiger partial charge < -0.3 is 10.1 Å². The first-order valence-corrected chi connectivity index (χ1v) is 7.40. The van der Waals surface area contributed by atoms with Crippen molar-refractivity contribution in [2.24, 2.45) is 5.92 Å². The van der Waals surface area contributed by atoms with Crippen molar-refractivity contribution in [2.75, 3.05) is 33.3 Å². The summed E-state index contributed by atoms with van der Waals surface area (Å²) in [5, 5.41) is 3.37. The van der Waals surface area contributed by atoms with Gasteiger partial charge in [-0.25, -0.2) is 4.39 Å². The number of hydrogen-bond acceptors (Lipinski definition) is 3. The van der Waals surface area contributed by atoms with Crippen molar-refractivity contribution >= 4 is 24.8 Å². The first-order valence-electron chi connectivity index (χ1n) is 7.40. The summed E-state index contributed by atoms with van der Waals surface area (Å²) >= 11 is 0. The quantitative estimate of drug-likeness (QED) is 0.874. The number of rotatable bonds is 5. The summed E-state index contributed by atoms with van der Waals surface area (Å²) in [6.45, 7) is 8.40. The maximum absolute atomic E-state index is 13.7. The molecule has 128 valence electrons. The molecule has 1 aliphatic rings. The molecule has 3 nitrogen and oxygen atoms in total. The normalized spacial score (nSPS) is 16.6. The van der Waals surface area contributed by atoms with Gasteiger partial charge in [0.1, 0.15) is 11.6 Å². The van der Waals surface area contributed by atoms with Crippen LogP contribution in [0.2, 0.25) is 0 Å². The van der Waals surface area contributed by atoms with Gasteiger partial charge in [-0.2, -0.15) is 0 Å². The van der Waals surface area contributed by atoms with Gasteiger partial charge in [-0.3, -0.25) is 4.90 Å². The minimum atomic E-state index is -0.190. The molecule has 1 atom stereocenters. The molecule has 6 heteroatoms. The monoisotopic (exact) mass is 352 g/mol. The summed E-state index contributed by atoms with van der Waals surface area (Å²) in [6.07, 6.45) is 1.01. The van der Waals surface area contributed by atoms with Crippen LogP contribution in [0.5, 0.6) is 5.75 Å². The maximum atomic E-state index is 13.7. The highest BCUT2D eigenvalue weighted by Gasteiger charge is 2.26. The molecule has 0 bridgehead atoms. The van der Waals surface area contributed by atoms with Gasteiger partial charge in [0, 0.05) is 37.8 Å². The fourth-order valence-corrected chi connectivity index (χ4v) is 2.88. The Morgan fingerprint density at radius 1 is 1.23 bits per heavy atom. The number of ether oxygens (including phenoxy) is 1. The minimum Gasteiger partial charge on any atom is -0.496 e. The van der Waals surface area contributed by atoms with Gasteiger partial charge in [-0.15, -0.1) is 24.8 Å². The van der Waals surface area contributed by atoms with Crippen LogP contribution in [0.1, 0.15) is 31.9 Å². The molecule has 0 spiro atoms. The van der Waals surface area contributed by atoms with Gasteiger partial charge in [0.2, 0.25) is 0 Å². The molecule has 22 heavy (non-hydrogen) atoms. The van der Waals surface area contributed by atoms with E-state index >= 15 is 0 Å². The van der Waals surface area contributed by atoms with E-state index in [2.05, 4.69) is 24.1 Å². The van der Waals surface area contributed by atoms with Crippen LogP contribution >= 0.6 is 24.8 Å². The Morgan fingerprint density at radius 2 is 1.86 bits per heavy atom. The minimum absolute atomic E-state index is 0. The first-order chi connectivity index (χ1) is 9.61. The highest BCUT2D eigenvalue weighted by atomic mass is 35.5.